The molecule has 1 amide bonds. The Bertz CT molecular complexity index is 570. The first kappa shape index (κ1) is 13.9. The smallest absolute Gasteiger partial charge is 0.244 e. The van der Waals surface area contributed by atoms with Crippen molar-refractivity contribution in [3.63, 3.8) is 0 Å². The lowest BCUT2D eigenvalue weighted by Gasteiger charge is -2.13. The van der Waals surface area contributed by atoms with Crippen LogP contribution in [0.2, 0.25) is 0 Å². The number of ether oxygens (including phenoxy) is 1. The molecule has 1 N–H and O–H groups in total. The Kier molecular flexibility index (Phi) is 4.60. The highest BCUT2D eigenvalue weighted by Crippen LogP contribution is 2.17. The molecule has 0 aliphatic carbocycles. The van der Waals surface area contributed by atoms with Gasteiger partial charge in [-0.3, -0.25) is 4.79 Å². The number of carbonyl (C=O) groups excluding carboxylic acids is 1. The predicted octanol–water partition coefficient (Wildman–Crippen LogP) is 3.18. The van der Waals surface area contributed by atoms with Crippen LogP contribution in [0.5, 0.6) is 5.75 Å². The molecule has 0 unspecified atom stereocenters. The average Bonchev–Trinajstić information content (AvgIpc) is 2.98. The monoisotopic (exact) mass is 271 g/mol. The summed E-state index contributed by atoms with van der Waals surface area (Å²) in [5, 5.41) is 2.89. The maximum Gasteiger partial charge on any atom is 0.244 e. The van der Waals surface area contributed by atoms with E-state index >= 15 is 0 Å². The maximum atomic E-state index is 11.8. The third-order valence-corrected chi connectivity index (χ3v) is 2.92. The number of amides is 1. The molecule has 0 aliphatic rings. The van der Waals surface area contributed by atoms with Crippen LogP contribution in [0.15, 0.2) is 53.2 Å². The number of nitrogens with one attached hydrogen (secondary N) is 1. The Morgan fingerprint density at radius 1 is 1.30 bits per heavy atom. The van der Waals surface area contributed by atoms with E-state index in [2.05, 4.69) is 5.32 Å². The van der Waals surface area contributed by atoms with Crippen LogP contribution >= 0.6 is 0 Å². The number of benzene rings is 1. The molecular weight excluding hydrogens is 254 g/mol. The van der Waals surface area contributed by atoms with Gasteiger partial charge in [-0.1, -0.05) is 12.1 Å². The van der Waals surface area contributed by atoms with E-state index in [9.17, 15) is 4.79 Å². The second-order valence-electron chi connectivity index (χ2n) is 4.35. The molecule has 0 fully saturated rings. The molecule has 0 aliphatic heterocycles. The van der Waals surface area contributed by atoms with Crippen LogP contribution in [0.1, 0.15) is 24.3 Å². The number of furan rings is 1. The Labute approximate surface area is 118 Å². The van der Waals surface area contributed by atoms with Crippen LogP contribution in [0.4, 0.5) is 0 Å². The van der Waals surface area contributed by atoms with Gasteiger partial charge in [0, 0.05) is 6.08 Å². The zero-order valence-corrected chi connectivity index (χ0v) is 11.5. The lowest BCUT2D eigenvalue weighted by atomic mass is 10.1. The highest BCUT2D eigenvalue weighted by atomic mass is 16.5. The van der Waals surface area contributed by atoms with Crippen molar-refractivity contribution in [2.45, 2.75) is 13.0 Å². The van der Waals surface area contributed by atoms with E-state index < -0.39 is 0 Å². The Morgan fingerprint density at radius 3 is 2.65 bits per heavy atom. The predicted molar refractivity (Wildman–Crippen MR) is 77.3 cm³/mol. The Morgan fingerprint density at radius 2 is 2.05 bits per heavy atom. The minimum Gasteiger partial charge on any atom is -0.497 e. The standard InChI is InChI=1S/C16H17NO3/c1-12(13-5-7-14(19-2)8-6-13)17-16(18)10-9-15-4-3-11-20-15/h3-12H,1-2H3,(H,17,18)/b10-9+/t12-/m0/s1. The van der Waals surface area contributed by atoms with Gasteiger partial charge in [-0.05, 0) is 42.8 Å². The van der Waals surface area contributed by atoms with Crippen molar-refractivity contribution in [2.75, 3.05) is 7.11 Å². The van der Waals surface area contributed by atoms with E-state index in [1.54, 1.807) is 31.6 Å². The van der Waals surface area contributed by atoms with E-state index in [1.807, 2.05) is 31.2 Å². The fourth-order valence-electron chi connectivity index (χ4n) is 1.78. The van der Waals surface area contributed by atoms with E-state index in [-0.39, 0.29) is 11.9 Å². The van der Waals surface area contributed by atoms with Gasteiger partial charge in [-0.25, -0.2) is 0 Å². The van der Waals surface area contributed by atoms with Gasteiger partial charge in [0.1, 0.15) is 11.5 Å². The molecule has 4 heteroatoms. The average molecular weight is 271 g/mol. The quantitative estimate of drug-likeness (QED) is 0.850. The molecule has 1 atom stereocenters. The molecule has 0 saturated carbocycles. The maximum absolute atomic E-state index is 11.8. The van der Waals surface area contributed by atoms with Crippen LogP contribution in [0.3, 0.4) is 0 Å². The molecule has 0 spiro atoms. The normalized spacial score (nSPS) is 12.3. The summed E-state index contributed by atoms with van der Waals surface area (Å²) >= 11 is 0. The summed E-state index contributed by atoms with van der Waals surface area (Å²) in [6.07, 6.45) is 4.66. The molecular formula is C16H17NO3. The van der Waals surface area contributed by atoms with Gasteiger partial charge in [0.2, 0.25) is 5.91 Å². The number of carbonyl (C=O) groups is 1. The van der Waals surface area contributed by atoms with Crippen LogP contribution in [0, 0.1) is 0 Å². The van der Waals surface area contributed by atoms with Crippen LogP contribution in [-0.4, -0.2) is 13.0 Å². The summed E-state index contributed by atoms with van der Waals surface area (Å²) in [6, 6.07) is 11.1. The summed E-state index contributed by atoms with van der Waals surface area (Å²) in [5.41, 5.74) is 1.02. The largest absolute Gasteiger partial charge is 0.497 e. The molecule has 20 heavy (non-hydrogen) atoms. The highest BCUT2D eigenvalue weighted by molar-refractivity contribution is 5.91. The summed E-state index contributed by atoms with van der Waals surface area (Å²) in [5.74, 6) is 1.28. The molecule has 2 aromatic rings. The summed E-state index contributed by atoms with van der Waals surface area (Å²) in [4.78, 5) is 11.8. The second kappa shape index (κ2) is 6.61. The van der Waals surface area contributed by atoms with E-state index in [0.29, 0.717) is 5.76 Å². The van der Waals surface area contributed by atoms with Crippen molar-refractivity contribution in [3.05, 3.63) is 60.1 Å². The van der Waals surface area contributed by atoms with Gasteiger partial charge in [0.05, 0.1) is 19.4 Å². The molecule has 0 bridgehead atoms. The lowest BCUT2D eigenvalue weighted by Crippen LogP contribution is -2.24. The highest BCUT2D eigenvalue weighted by Gasteiger charge is 2.07. The summed E-state index contributed by atoms with van der Waals surface area (Å²) < 4.78 is 10.2. The summed E-state index contributed by atoms with van der Waals surface area (Å²) in [6.45, 7) is 1.93. The van der Waals surface area contributed by atoms with E-state index in [0.717, 1.165) is 11.3 Å². The van der Waals surface area contributed by atoms with Crippen molar-refractivity contribution >= 4 is 12.0 Å². The van der Waals surface area contributed by atoms with Gasteiger partial charge in [0.15, 0.2) is 0 Å². The first-order valence-electron chi connectivity index (χ1n) is 6.35. The van der Waals surface area contributed by atoms with E-state index in [4.69, 9.17) is 9.15 Å². The third kappa shape index (κ3) is 3.75. The first-order chi connectivity index (χ1) is 9.69. The molecule has 1 heterocycles. The molecule has 104 valence electrons. The zero-order chi connectivity index (χ0) is 14.4. The van der Waals surface area contributed by atoms with Crippen molar-refractivity contribution in [1.82, 2.24) is 5.32 Å². The molecule has 0 radical (unpaired) electrons. The molecule has 4 nitrogen and oxygen atoms in total. The number of hydrogen-bond acceptors (Lipinski definition) is 3. The van der Waals surface area contributed by atoms with Crippen molar-refractivity contribution < 1.29 is 13.9 Å². The Hall–Kier alpha value is -2.49. The van der Waals surface area contributed by atoms with Gasteiger partial charge >= 0.3 is 0 Å². The third-order valence-electron chi connectivity index (χ3n) is 2.92. The lowest BCUT2D eigenvalue weighted by molar-refractivity contribution is -0.117. The number of rotatable bonds is 5. The van der Waals surface area contributed by atoms with Gasteiger partial charge in [-0.15, -0.1) is 0 Å². The zero-order valence-electron chi connectivity index (χ0n) is 11.5. The fraction of sp³-hybridized carbons (Fsp3) is 0.188. The Balaban J connectivity index is 1.92. The van der Waals surface area contributed by atoms with Crippen LogP contribution in [0.25, 0.3) is 6.08 Å². The van der Waals surface area contributed by atoms with Crippen molar-refractivity contribution in [2.24, 2.45) is 0 Å². The minimum absolute atomic E-state index is 0.0744. The number of hydrogen-bond donors (Lipinski definition) is 1. The first-order valence-corrected chi connectivity index (χ1v) is 6.35. The molecule has 1 aromatic carbocycles. The van der Waals surface area contributed by atoms with Gasteiger partial charge < -0.3 is 14.5 Å². The fourth-order valence-corrected chi connectivity index (χ4v) is 1.78. The van der Waals surface area contributed by atoms with Gasteiger partial charge in [-0.2, -0.15) is 0 Å². The van der Waals surface area contributed by atoms with E-state index in [1.165, 1.54) is 6.08 Å². The van der Waals surface area contributed by atoms with Crippen LogP contribution in [-0.2, 0) is 4.79 Å². The van der Waals surface area contributed by atoms with Gasteiger partial charge in [0.25, 0.3) is 0 Å². The summed E-state index contributed by atoms with van der Waals surface area (Å²) in [7, 11) is 1.62. The topological polar surface area (TPSA) is 51.5 Å². The molecule has 0 saturated heterocycles. The minimum atomic E-state index is -0.162. The SMILES string of the molecule is COc1ccc([C@H](C)NC(=O)/C=C/c2ccco2)cc1. The van der Waals surface area contributed by atoms with Crippen LogP contribution < -0.4 is 10.1 Å². The second-order valence-corrected chi connectivity index (χ2v) is 4.35. The molecule has 2 rings (SSSR count). The number of methoxy groups -OCH3 is 1. The van der Waals surface area contributed by atoms with Crippen molar-refractivity contribution in [1.29, 1.82) is 0 Å². The van der Waals surface area contributed by atoms with Crippen molar-refractivity contribution in [3.8, 4) is 5.75 Å². The molecule has 1 aromatic heterocycles.